The second kappa shape index (κ2) is 6.82. The maximum absolute atomic E-state index is 6.03. The van der Waals surface area contributed by atoms with Crippen molar-refractivity contribution in [2.45, 2.75) is 32.4 Å². The number of hydrogen-bond donors (Lipinski definition) is 0. The fourth-order valence-electron chi connectivity index (χ4n) is 2.83. The Balaban J connectivity index is 1.70. The SMILES string of the molecule is COC1CCN(Cc2nc(-c3cccc(Cl)c3)oc2C)CC1. The minimum atomic E-state index is 0.400. The zero-order valence-corrected chi connectivity index (χ0v) is 13.8. The van der Waals surface area contributed by atoms with Crippen molar-refractivity contribution >= 4 is 11.6 Å². The van der Waals surface area contributed by atoms with E-state index in [9.17, 15) is 0 Å². The van der Waals surface area contributed by atoms with Gasteiger partial charge in [0.15, 0.2) is 0 Å². The van der Waals surface area contributed by atoms with Crippen molar-refractivity contribution in [1.29, 1.82) is 0 Å². The highest BCUT2D eigenvalue weighted by Gasteiger charge is 2.21. The lowest BCUT2D eigenvalue weighted by Gasteiger charge is -2.30. The fourth-order valence-corrected chi connectivity index (χ4v) is 3.02. The van der Waals surface area contributed by atoms with Gasteiger partial charge in [-0.2, -0.15) is 0 Å². The summed E-state index contributed by atoms with van der Waals surface area (Å²) < 4.78 is 11.2. The van der Waals surface area contributed by atoms with Crippen molar-refractivity contribution in [1.82, 2.24) is 9.88 Å². The molecule has 0 atom stereocenters. The van der Waals surface area contributed by atoms with Crippen LogP contribution in [0, 0.1) is 6.92 Å². The summed E-state index contributed by atoms with van der Waals surface area (Å²) >= 11 is 6.03. The van der Waals surface area contributed by atoms with Crippen molar-refractivity contribution in [3.63, 3.8) is 0 Å². The van der Waals surface area contributed by atoms with Crippen LogP contribution in [0.25, 0.3) is 11.5 Å². The Bertz CT molecular complexity index is 633. The van der Waals surface area contributed by atoms with Gasteiger partial charge in [-0.15, -0.1) is 0 Å². The van der Waals surface area contributed by atoms with Crippen molar-refractivity contribution < 1.29 is 9.15 Å². The van der Waals surface area contributed by atoms with E-state index in [2.05, 4.69) is 9.88 Å². The molecule has 5 heteroatoms. The number of rotatable bonds is 4. The number of halogens is 1. The van der Waals surface area contributed by atoms with Gasteiger partial charge in [-0.05, 0) is 38.0 Å². The second-order valence-corrected chi connectivity index (χ2v) is 6.18. The molecule has 3 rings (SSSR count). The quantitative estimate of drug-likeness (QED) is 0.856. The van der Waals surface area contributed by atoms with Gasteiger partial charge in [0, 0.05) is 37.3 Å². The van der Waals surface area contributed by atoms with Crippen LogP contribution in [-0.2, 0) is 11.3 Å². The molecule has 22 heavy (non-hydrogen) atoms. The first-order valence-electron chi connectivity index (χ1n) is 7.63. The van der Waals surface area contributed by atoms with E-state index >= 15 is 0 Å². The molecule has 118 valence electrons. The molecule has 0 N–H and O–H groups in total. The van der Waals surface area contributed by atoms with E-state index in [-0.39, 0.29) is 0 Å². The predicted octanol–water partition coefficient (Wildman–Crippen LogP) is 3.91. The third-order valence-corrected chi connectivity index (χ3v) is 4.44. The number of methoxy groups -OCH3 is 1. The van der Waals surface area contributed by atoms with Crippen LogP contribution in [0.1, 0.15) is 24.3 Å². The van der Waals surface area contributed by atoms with Gasteiger partial charge in [-0.1, -0.05) is 17.7 Å². The Morgan fingerprint density at radius 2 is 2.14 bits per heavy atom. The monoisotopic (exact) mass is 320 g/mol. The van der Waals surface area contributed by atoms with E-state index in [4.69, 9.17) is 20.8 Å². The van der Waals surface area contributed by atoms with Crippen molar-refractivity contribution in [3.05, 3.63) is 40.7 Å². The predicted molar refractivity (Wildman–Crippen MR) is 87.0 cm³/mol. The van der Waals surface area contributed by atoms with Gasteiger partial charge >= 0.3 is 0 Å². The zero-order chi connectivity index (χ0) is 15.5. The Kier molecular flexibility index (Phi) is 4.81. The minimum Gasteiger partial charge on any atom is -0.441 e. The van der Waals surface area contributed by atoms with E-state index in [1.807, 2.05) is 31.2 Å². The lowest BCUT2D eigenvalue weighted by molar-refractivity contribution is 0.0384. The van der Waals surface area contributed by atoms with Crippen LogP contribution in [0.15, 0.2) is 28.7 Å². The summed E-state index contributed by atoms with van der Waals surface area (Å²) in [6, 6.07) is 7.60. The number of likely N-dealkylation sites (tertiary alicyclic amines) is 1. The molecule has 0 aliphatic carbocycles. The van der Waals surface area contributed by atoms with E-state index < -0.39 is 0 Å². The Labute approximate surface area is 136 Å². The zero-order valence-electron chi connectivity index (χ0n) is 13.0. The van der Waals surface area contributed by atoms with Crippen LogP contribution < -0.4 is 0 Å². The molecule has 0 saturated carbocycles. The Morgan fingerprint density at radius 3 is 2.82 bits per heavy atom. The molecule has 2 aromatic rings. The maximum Gasteiger partial charge on any atom is 0.226 e. The average molecular weight is 321 g/mol. The molecule has 0 bridgehead atoms. The van der Waals surface area contributed by atoms with Gasteiger partial charge in [-0.3, -0.25) is 4.90 Å². The number of nitrogens with zero attached hydrogens (tertiary/aromatic N) is 2. The number of oxazole rings is 1. The largest absolute Gasteiger partial charge is 0.441 e. The molecule has 1 aromatic heterocycles. The van der Waals surface area contributed by atoms with Crippen LogP contribution >= 0.6 is 11.6 Å². The van der Waals surface area contributed by atoms with Crippen LogP contribution in [0.4, 0.5) is 0 Å². The standard InChI is InChI=1S/C17H21ClN2O2/c1-12-16(11-20-8-6-15(21-2)7-9-20)19-17(22-12)13-4-3-5-14(18)10-13/h3-5,10,15H,6-9,11H2,1-2H3. The summed E-state index contributed by atoms with van der Waals surface area (Å²) in [5, 5.41) is 0.691. The highest BCUT2D eigenvalue weighted by molar-refractivity contribution is 6.30. The van der Waals surface area contributed by atoms with Gasteiger partial charge in [0.1, 0.15) is 5.76 Å². The summed E-state index contributed by atoms with van der Waals surface area (Å²) in [5.41, 5.74) is 1.92. The molecule has 1 fully saturated rings. The number of hydrogen-bond acceptors (Lipinski definition) is 4. The first-order chi connectivity index (χ1) is 10.7. The first kappa shape index (κ1) is 15.5. The van der Waals surface area contributed by atoms with Gasteiger partial charge in [-0.25, -0.2) is 4.98 Å². The van der Waals surface area contributed by atoms with E-state index in [0.29, 0.717) is 17.0 Å². The molecule has 4 nitrogen and oxygen atoms in total. The highest BCUT2D eigenvalue weighted by Crippen LogP contribution is 2.25. The number of aryl methyl sites for hydroxylation is 1. The second-order valence-electron chi connectivity index (χ2n) is 5.74. The van der Waals surface area contributed by atoms with Crippen LogP contribution in [0.3, 0.4) is 0 Å². The lowest BCUT2D eigenvalue weighted by atomic mass is 10.1. The molecule has 1 saturated heterocycles. The lowest BCUT2D eigenvalue weighted by Crippen LogP contribution is -2.36. The summed E-state index contributed by atoms with van der Waals surface area (Å²) in [6.45, 7) is 4.87. The number of benzene rings is 1. The summed E-state index contributed by atoms with van der Waals surface area (Å²) in [5.74, 6) is 1.52. The van der Waals surface area contributed by atoms with Gasteiger partial charge < -0.3 is 9.15 Å². The third kappa shape index (κ3) is 3.51. The third-order valence-electron chi connectivity index (χ3n) is 4.21. The Morgan fingerprint density at radius 1 is 1.36 bits per heavy atom. The summed E-state index contributed by atoms with van der Waals surface area (Å²) in [7, 11) is 1.79. The summed E-state index contributed by atoms with van der Waals surface area (Å²) in [6.07, 6.45) is 2.56. The number of ether oxygens (including phenoxy) is 1. The number of aromatic nitrogens is 1. The molecule has 0 spiro atoms. The Hall–Kier alpha value is -1.36. The molecule has 0 amide bonds. The molecule has 0 unspecified atom stereocenters. The van der Waals surface area contributed by atoms with Crippen LogP contribution in [-0.4, -0.2) is 36.2 Å². The highest BCUT2D eigenvalue weighted by atomic mass is 35.5. The smallest absolute Gasteiger partial charge is 0.226 e. The normalized spacial score (nSPS) is 17.0. The van der Waals surface area contributed by atoms with E-state index in [0.717, 1.165) is 49.5 Å². The average Bonchev–Trinajstić information content (AvgIpc) is 2.89. The van der Waals surface area contributed by atoms with Crippen molar-refractivity contribution in [2.24, 2.45) is 0 Å². The first-order valence-corrected chi connectivity index (χ1v) is 8.01. The van der Waals surface area contributed by atoms with Crippen molar-refractivity contribution in [2.75, 3.05) is 20.2 Å². The van der Waals surface area contributed by atoms with Crippen molar-refractivity contribution in [3.8, 4) is 11.5 Å². The molecule has 1 aliphatic rings. The molecular formula is C17H21ClN2O2. The molecule has 0 radical (unpaired) electrons. The number of piperidine rings is 1. The van der Waals surface area contributed by atoms with Gasteiger partial charge in [0.2, 0.25) is 5.89 Å². The molecular weight excluding hydrogens is 300 g/mol. The van der Waals surface area contributed by atoms with E-state index in [1.165, 1.54) is 0 Å². The molecule has 1 aromatic carbocycles. The maximum atomic E-state index is 6.03. The molecule has 1 aliphatic heterocycles. The fraction of sp³-hybridized carbons (Fsp3) is 0.471. The molecule has 2 heterocycles. The summed E-state index contributed by atoms with van der Waals surface area (Å²) in [4.78, 5) is 7.06. The van der Waals surface area contributed by atoms with Gasteiger partial charge in [0.25, 0.3) is 0 Å². The van der Waals surface area contributed by atoms with E-state index in [1.54, 1.807) is 7.11 Å². The van der Waals surface area contributed by atoms with Crippen LogP contribution in [0.5, 0.6) is 0 Å². The minimum absolute atomic E-state index is 0.400. The van der Waals surface area contributed by atoms with Gasteiger partial charge in [0.05, 0.1) is 11.8 Å². The van der Waals surface area contributed by atoms with Crippen LogP contribution in [0.2, 0.25) is 5.02 Å². The topological polar surface area (TPSA) is 38.5 Å².